The van der Waals surface area contributed by atoms with Crippen molar-refractivity contribution < 1.29 is 13.2 Å². The predicted octanol–water partition coefficient (Wildman–Crippen LogP) is 1.54. The van der Waals surface area contributed by atoms with E-state index < -0.39 is 15.1 Å². The van der Waals surface area contributed by atoms with Crippen molar-refractivity contribution in [3.63, 3.8) is 0 Å². The predicted molar refractivity (Wildman–Crippen MR) is 61.5 cm³/mol. The molecule has 2 rings (SSSR count). The standard InChI is InChI=1S/C10H14O3S2/c1-7(11)14-9-6-5-8-3-2-4-10(9)15(8,12)13/h2,4,8-10H,3,5-6H2,1H3. The van der Waals surface area contributed by atoms with Gasteiger partial charge in [0.25, 0.3) is 0 Å². The third-order valence-corrected chi connectivity index (χ3v) is 6.96. The molecule has 0 aliphatic carbocycles. The summed E-state index contributed by atoms with van der Waals surface area (Å²) < 4.78 is 24.0. The van der Waals surface area contributed by atoms with Crippen molar-refractivity contribution in [2.45, 2.75) is 41.9 Å². The van der Waals surface area contributed by atoms with Gasteiger partial charge >= 0.3 is 0 Å². The number of carbonyl (C=O) groups excluding carboxylic acids is 1. The van der Waals surface area contributed by atoms with Gasteiger partial charge in [-0.1, -0.05) is 23.9 Å². The molecule has 1 saturated heterocycles. The molecule has 5 heteroatoms. The van der Waals surface area contributed by atoms with Crippen LogP contribution in [-0.4, -0.2) is 29.3 Å². The van der Waals surface area contributed by atoms with E-state index >= 15 is 0 Å². The first-order valence-electron chi connectivity index (χ1n) is 5.08. The highest BCUT2D eigenvalue weighted by Gasteiger charge is 2.44. The normalized spacial score (nSPS) is 37.5. The van der Waals surface area contributed by atoms with Gasteiger partial charge in [-0.05, 0) is 19.3 Å². The van der Waals surface area contributed by atoms with Crippen LogP contribution in [0.1, 0.15) is 26.2 Å². The van der Waals surface area contributed by atoms with Crippen LogP contribution in [-0.2, 0) is 14.6 Å². The molecule has 0 radical (unpaired) electrons. The second-order valence-electron chi connectivity index (χ2n) is 4.06. The number of thioether (sulfide) groups is 1. The van der Waals surface area contributed by atoms with Crippen LogP contribution >= 0.6 is 11.8 Å². The zero-order valence-electron chi connectivity index (χ0n) is 8.55. The molecule has 3 nitrogen and oxygen atoms in total. The van der Waals surface area contributed by atoms with Crippen LogP contribution < -0.4 is 0 Å². The molecule has 0 N–H and O–H groups in total. The zero-order valence-corrected chi connectivity index (χ0v) is 10.2. The Morgan fingerprint density at radius 3 is 2.80 bits per heavy atom. The number of sulfone groups is 1. The van der Waals surface area contributed by atoms with E-state index in [1.54, 1.807) is 6.08 Å². The molecule has 0 spiro atoms. The van der Waals surface area contributed by atoms with Crippen molar-refractivity contribution in [3.8, 4) is 0 Å². The lowest BCUT2D eigenvalue weighted by molar-refractivity contribution is -0.109. The van der Waals surface area contributed by atoms with Gasteiger partial charge in [-0.15, -0.1) is 0 Å². The minimum Gasteiger partial charge on any atom is -0.288 e. The molecule has 2 bridgehead atoms. The van der Waals surface area contributed by atoms with Crippen LogP contribution in [0.3, 0.4) is 0 Å². The Hall–Kier alpha value is -0.290. The van der Waals surface area contributed by atoms with Crippen molar-refractivity contribution in [2.75, 3.05) is 0 Å². The van der Waals surface area contributed by atoms with Gasteiger partial charge in [0.05, 0.1) is 10.5 Å². The molecular formula is C10H14O3S2. The molecule has 3 unspecified atom stereocenters. The van der Waals surface area contributed by atoms with Crippen molar-refractivity contribution in [1.29, 1.82) is 0 Å². The van der Waals surface area contributed by atoms with Crippen molar-refractivity contribution >= 4 is 26.7 Å². The molecule has 0 saturated carbocycles. The highest BCUT2D eigenvalue weighted by Crippen LogP contribution is 2.38. The van der Waals surface area contributed by atoms with E-state index in [9.17, 15) is 13.2 Å². The summed E-state index contributed by atoms with van der Waals surface area (Å²) in [7, 11) is -3.02. The fraction of sp³-hybridized carbons (Fsp3) is 0.700. The quantitative estimate of drug-likeness (QED) is 0.659. The zero-order chi connectivity index (χ0) is 11.1. The van der Waals surface area contributed by atoms with Gasteiger partial charge in [0, 0.05) is 12.2 Å². The van der Waals surface area contributed by atoms with Gasteiger partial charge in [-0.25, -0.2) is 8.42 Å². The molecule has 0 aromatic heterocycles. The van der Waals surface area contributed by atoms with E-state index in [1.165, 1.54) is 18.7 Å². The Balaban J connectivity index is 2.28. The lowest BCUT2D eigenvalue weighted by Crippen LogP contribution is -2.45. The molecule has 0 aromatic carbocycles. The van der Waals surface area contributed by atoms with Gasteiger partial charge in [0.1, 0.15) is 0 Å². The molecule has 2 aliphatic heterocycles. The minimum absolute atomic E-state index is 0.00706. The van der Waals surface area contributed by atoms with Gasteiger partial charge in [0.2, 0.25) is 0 Å². The fourth-order valence-electron chi connectivity index (χ4n) is 2.30. The maximum absolute atomic E-state index is 12.0. The van der Waals surface area contributed by atoms with E-state index in [1.807, 2.05) is 6.08 Å². The third-order valence-electron chi connectivity index (χ3n) is 3.03. The topological polar surface area (TPSA) is 51.2 Å². The summed E-state index contributed by atoms with van der Waals surface area (Å²) in [5.74, 6) is 0. The summed E-state index contributed by atoms with van der Waals surface area (Å²) in [5, 5.41) is -0.692. The average molecular weight is 246 g/mol. The lowest BCUT2D eigenvalue weighted by Gasteiger charge is -2.35. The third kappa shape index (κ3) is 1.99. The number of fused-ring (bicyclic) bond motifs is 2. The minimum atomic E-state index is -3.02. The molecule has 0 aromatic rings. The van der Waals surface area contributed by atoms with E-state index in [4.69, 9.17) is 0 Å². The Bertz CT molecular complexity index is 397. The molecule has 0 amide bonds. The van der Waals surface area contributed by atoms with E-state index in [0.717, 1.165) is 6.42 Å². The molecule has 15 heavy (non-hydrogen) atoms. The molecule has 1 fully saturated rings. The van der Waals surface area contributed by atoms with Crippen molar-refractivity contribution in [1.82, 2.24) is 0 Å². The number of hydrogen-bond acceptors (Lipinski definition) is 4. The van der Waals surface area contributed by atoms with Crippen LogP contribution in [0.25, 0.3) is 0 Å². The largest absolute Gasteiger partial charge is 0.288 e. The first kappa shape index (κ1) is 11.2. The number of hydrogen-bond donors (Lipinski definition) is 0. The van der Waals surface area contributed by atoms with E-state index in [0.29, 0.717) is 12.8 Å². The Morgan fingerprint density at radius 1 is 1.40 bits per heavy atom. The number of carbonyl (C=O) groups is 1. The maximum Gasteiger partial charge on any atom is 0.186 e. The first-order valence-corrected chi connectivity index (χ1v) is 7.57. The number of rotatable bonds is 1. The van der Waals surface area contributed by atoms with Gasteiger partial charge in [-0.2, -0.15) is 0 Å². The van der Waals surface area contributed by atoms with Gasteiger partial charge in [0.15, 0.2) is 15.0 Å². The summed E-state index contributed by atoms with van der Waals surface area (Å²) in [6, 6.07) is 0. The second kappa shape index (κ2) is 3.94. The van der Waals surface area contributed by atoms with Crippen LogP contribution in [0.15, 0.2) is 12.2 Å². The maximum atomic E-state index is 12.0. The van der Waals surface area contributed by atoms with Gasteiger partial charge in [-0.3, -0.25) is 4.79 Å². The van der Waals surface area contributed by atoms with Crippen LogP contribution in [0.5, 0.6) is 0 Å². The summed E-state index contributed by atoms with van der Waals surface area (Å²) >= 11 is 1.18. The Labute approximate surface area is 94.2 Å². The summed E-state index contributed by atoms with van der Waals surface area (Å²) in [5.41, 5.74) is 0. The van der Waals surface area contributed by atoms with Crippen LogP contribution in [0, 0.1) is 0 Å². The summed E-state index contributed by atoms with van der Waals surface area (Å²) in [6.45, 7) is 1.50. The van der Waals surface area contributed by atoms with E-state index in [2.05, 4.69) is 0 Å². The highest BCUT2D eigenvalue weighted by molar-refractivity contribution is 8.14. The SMILES string of the molecule is CC(=O)SC1CCC2CC=CC1S2(=O)=O. The van der Waals surface area contributed by atoms with Crippen molar-refractivity contribution in [3.05, 3.63) is 12.2 Å². The van der Waals surface area contributed by atoms with E-state index in [-0.39, 0.29) is 15.6 Å². The van der Waals surface area contributed by atoms with Crippen LogP contribution in [0.4, 0.5) is 0 Å². The highest BCUT2D eigenvalue weighted by atomic mass is 32.2. The molecule has 2 aliphatic rings. The second-order valence-corrected chi connectivity index (χ2v) is 7.87. The van der Waals surface area contributed by atoms with Gasteiger partial charge < -0.3 is 0 Å². The summed E-state index contributed by atoms with van der Waals surface area (Å²) in [4.78, 5) is 11.0. The smallest absolute Gasteiger partial charge is 0.186 e. The van der Waals surface area contributed by atoms with Crippen LogP contribution in [0.2, 0.25) is 0 Å². The molecule has 3 atom stereocenters. The average Bonchev–Trinajstić information content (AvgIpc) is 2.07. The molecule has 84 valence electrons. The monoisotopic (exact) mass is 246 g/mol. The van der Waals surface area contributed by atoms with Crippen molar-refractivity contribution in [2.24, 2.45) is 0 Å². The molecule has 2 heterocycles. The molecular weight excluding hydrogens is 232 g/mol. The number of allylic oxidation sites excluding steroid dienone is 1. The Morgan fingerprint density at radius 2 is 2.13 bits per heavy atom. The Kier molecular flexibility index (Phi) is 2.94. The fourth-order valence-corrected chi connectivity index (χ4v) is 6.02. The lowest BCUT2D eigenvalue weighted by atomic mass is 10.0. The summed E-state index contributed by atoms with van der Waals surface area (Å²) in [6.07, 6.45) is 5.91. The first-order chi connectivity index (χ1) is 7.01.